The highest BCUT2D eigenvalue weighted by atomic mass is 32.2. The summed E-state index contributed by atoms with van der Waals surface area (Å²) in [7, 11) is 0. The Morgan fingerprint density at radius 2 is 1.68 bits per heavy atom. The molecule has 14 heteroatoms. The summed E-state index contributed by atoms with van der Waals surface area (Å²) in [5.41, 5.74) is 2.62. The van der Waals surface area contributed by atoms with E-state index in [1.54, 1.807) is 24.3 Å². The number of carbonyl (C=O) groups is 1. The molecular weight excluding hydrogens is 574 g/mol. The first-order valence-corrected chi connectivity index (χ1v) is 14.6. The lowest BCUT2D eigenvalue weighted by Gasteiger charge is -2.10. The summed E-state index contributed by atoms with van der Waals surface area (Å²) in [4.78, 5) is 23.3. The lowest BCUT2D eigenvalue weighted by atomic mass is 10.2. The predicted octanol–water partition coefficient (Wildman–Crippen LogP) is 5.92. The van der Waals surface area contributed by atoms with Gasteiger partial charge in [-0.1, -0.05) is 77.3 Å². The van der Waals surface area contributed by atoms with Crippen molar-refractivity contribution in [1.29, 1.82) is 0 Å². The van der Waals surface area contributed by atoms with Crippen LogP contribution in [0.3, 0.4) is 0 Å². The molecule has 3 aromatic carbocycles. The Hall–Kier alpha value is -4.14. The van der Waals surface area contributed by atoms with E-state index < -0.39 is 4.92 Å². The fourth-order valence-electron chi connectivity index (χ4n) is 3.58. The molecule has 202 valence electrons. The second kappa shape index (κ2) is 12.8. The number of non-ortho nitro benzene ring substituents is 1. The van der Waals surface area contributed by atoms with Crippen molar-refractivity contribution in [2.75, 3.05) is 11.1 Å². The van der Waals surface area contributed by atoms with Gasteiger partial charge in [-0.25, -0.2) is 4.39 Å². The summed E-state index contributed by atoms with van der Waals surface area (Å²) >= 11 is 3.93. The van der Waals surface area contributed by atoms with E-state index in [1.807, 2.05) is 34.9 Å². The van der Waals surface area contributed by atoms with Crippen LogP contribution in [0.5, 0.6) is 0 Å². The number of nitro benzene ring substituents is 1. The fraction of sp³-hybridized carbons (Fsp3) is 0.115. The molecule has 0 spiro atoms. The molecule has 10 nitrogen and oxygen atoms in total. The van der Waals surface area contributed by atoms with Crippen molar-refractivity contribution in [3.05, 3.63) is 106 Å². The molecule has 0 aliphatic carbocycles. The third-order valence-corrected chi connectivity index (χ3v) is 8.51. The van der Waals surface area contributed by atoms with Gasteiger partial charge in [0.2, 0.25) is 11.0 Å². The van der Waals surface area contributed by atoms with E-state index in [0.29, 0.717) is 38.3 Å². The minimum absolute atomic E-state index is 0.0159. The lowest BCUT2D eigenvalue weighted by Crippen LogP contribution is -2.14. The largest absolute Gasteiger partial charge is 0.300 e. The number of benzene rings is 3. The molecular formula is C26H20FN7O3S3. The van der Waals surface area contributed by atoms with Crippen LogP contribution < -0.4 is 5.32 Å². The molecule has 40 heavy (non-hydrogen) atoms. The molecule has 0 radical (unpaired) electrons. The number of aromatic nitrogens is 5. The number of nitrogens with one attached hydrogen (secondary N) is 1. The maximum atomic E-state index is 13.1. The standard InChI is InChI=1S/C26H20FN7O3S3/c27-20-10-6-18(7-11-20)15-39-26-32-30-24(40-26)28-22(35)16-38-25-31-29-23(19-8-12-21(13-9-19)34(36)37)33(25)14-17-4-2-1-3-5-17/h1-13H,14-16H2,(H,28,30,35). The summed E-state index contributed by atoms with van der Waals surface area (Å²) in [6.45, 7) is 0.454. The first kappa shape index (κ1) is 27.4. The summed E-state index contributed by atoms with van der Waals surface area (Å²) < 4.78 is 15.6. The molecule has 0 unspecified atom stereocenters. The third-order valence-electron chi connectivity index (χ3n) is 5.50. The van der Waals surface area contributed by atoms with Crippen molar-refractivity contribution < 1.29 is 14.1 Å². The second-order valence-corrected chi connectivity index (χ2v) is 11.4. The minimum atomic E-state index is -0.455. The molecule has 0 saturated heterocycles. The van der Waals surface area contributed by atoms with Crippen LogP contribution in [-0.4, -0.2) is 41.5 Å². The highest BCUT2D eigenvalue weighted by Gasteiger charge is 2.18. The van der Waals surface area contributed by atoms with Gasteiger partial charge in [-0.2, -0.15) is 0 Å². The SMILES string of the molecule is O=C(CSc1nnc(-c2ccc([N+](=O)[O-])cc2)n1Cc1ccccc1)Nc1nnc(SCc2ccc(F)cc2)s1. The molecule has 1 amide bonds. The van der Waals surface area contributed by atoms with Gasteiger partial charge in [0, 0.05) is 23.4 Å². The van der Waals surface area contributed by atoms with E-state index in [4.69, 9.17) is 0 Å². The van der Waals surface area contributed by atoms with Crippen LogP contribution in [0.2, 0.25) is 0 Å². The number of carbonyl (C=O) groups excluding carboxylic acids is 1. The Morgan fingerprint density at radius 1 is 0.925 bits per heavy atom. The summed E-state index contributed by atoms with van der Waals surface area (Å²) in [5, 5.41) is 31.5. The van der Waals surface area contributed by atoms with Crippen molar-refractivity contribution >= 4 is 51.6 Å². The van der Waals surface area contributed by atoms with Crippen molar-refractivity contribution in [1.82, 2.24) is 25.0 Å². The number of hydrogen-bond acceptors (Lipinski definition) is 10. The van der Waals surface area contributed by atoms with E-state index in [9.17, 15) is 19.3 Å². The molecule has 2 heterocycles. The topological polar surface area (TPSA) is 129 Å². The van der Waals surface area contributed by atoms with Gasteiger partial charge in [-0.3, -0.25) is 24.8 Å². The molecule has 0 atom stereocenters. The zero-order chi connectivity index (χ0) is 27.9. The van der Waals surface area contributed by atoms with Gasteiger partial charge in [0.1, 0.15) is 5.82 Å². The first-order chi connectivity index (χ1) is 19.4. The number of hydrogen-bond donors (Lipinski definition) is 1. The van der Waals surface area contributed by atoms with Crippen LogP contribution in [0.4, 0.5) is 15.2 Å². The average Bonchev–Trinajstić information content (AvgIpc) is 3.58. The number of thioether (sulfide) groups is 2. The molecule has 2 aromatic heterocycles. The van der Waals surface area contributed by atoms with Crippen molar-refractivity contribution in [3.8, 4) is 11.4 Å². The number of nitro groups is 1. The van der Waals surface area contributed by atoms with Gasteiger partial charge >= 0.3 is 0 Å². The van der Waals surface area contributed by atoms with E-state index in [2.05, 4.69) is 25.7 Å². The Morgan fingerprint density at radius 3 is 2.40 bits per heavy atom. The Labute approximate surface area is 240 Å². The quantitative estimate of drug-likeness (QED) is 0.0859. The van der Waals surface area contributed by atoms with Gasteiger partial charge in [0.25, 0.3) is 5.69 Å². The van der Waals surface area contributed by atoms with E-state index in [-0.39, 0.29) is 23.2 Å². The molecule has 0 saturated carbocycles. The molecule has 5 rings (SSSR count). The van der Waals surface area contributed by atoms with Crippen molar-refractivity contribution in [2.45, 2.75) is 21.8 Å². The Kier molecular flexibility index (Phi) is 8.78. The molecule has 5 aromatic rings. The van der Waals surface area contributed by atoms with Gasteiger partial charge < -0.3 is 0 Å². The molecule has 0 bridgehead atoms. The van der Waals surface area contributed by atoms with Gasteiger partial charge in [0.15, 0.2) is 15.3 Å². The van der Waals surface area contributed by atoms with Crippen LogP contribution in [-0.2, 0) is 17.1 Å². The van der Waals surface area contributed by atoms with Crippen LogP contribution in [0.25, 0.3) is 11.4 Å². The molecule has 1 N–H and O–H groups in total. The van der Waals surface area contributed by atoms with Crippen LogP contribution in [0, 0.1) is 15.9 Å². The van der Waals surface area contributed by atoms with Gasteiger partial charge in [-0.15, -0.1) is 20.4 Å². The predicted molar refractivity (Wildman–Crippen MR) is 153 cm³/mol. The highest BCUT2D eigenvalue weighted by molar-refractivity contribution is 8.00. The maximum Gasteiger partial charge on any atom is 0.269 e. The summed E-state index contributed by atoms with van der Waals surface area (Å²) in [6.07, 6.45) is 0. The van der Waals surface area contributed by atoms with E-state index >= 15 is 0 Å². The van der Waals surface area contributed by atoms with Gasteiger partial charge in [-0.05, 0) is 35.4 Å². The number of nitrogens with zero attached hydrogens (tertiary/aromatic N) is 6. The zero-order valence-electron chi connectivity index (χ0n) is 20.6. The second-order valence-electron chi connectivity index (χ2n) is 8.31. The number of amides is 1. The fourth-order valence-corrected chi connectivity index (χ4v) is 6.04. The zero-order valence-corrected chi connectivity index (χ0v) is 23.1. The Balaban J connectivity index is 1.24. The number of halogens is 1. The minimum Gasteiger partial charge on any atom is -0.300 e. The number of anilines is 1. The lowest BCUT2D eigenvalue weighted by molar-refractivity contribution is -0.384. The highest BCUT2D eigenvalue weighted by Crippen LogP contribution is 2.29. The van der Waals surface area contributed by atoms with E-state index in [0.717, 1.165) is 11.1 Å². The van der Waals surface area contributed by atoms with Crippen molar-refractivity contribution in [3.63, 3.8) is 0 Å². The molecule has 0 aliphatic heterocycles. The van der Waals surface area contributed by atoms with E-state index in [1.165, 1.54) is 59.1 Å². The summed E-state index contributed by atoms with van der Waals surface area (Å²) in [6, 6.07) is 22.1. The smallest absolute Gasteiger partial charge is 0.269 e. The maximum absolute atomic E-state index is 13.1. The molecule has 0 fully saturated rings. The normalized spacial score (nSPS) is 10.9. The average molecular weight is 594 g/mol. The van der Waals surface area contributed by atoms with Gasteiger partial charge in [0.05, 0.1) is 17.2 Å². The summed E-state index contributed by atoms with van der Waals surface area (Å²) in [5.74, 6) is 0.641. The third kappa shape index (κ3) is 7.08. The number of rotatable bonds is 11. The Bertz CT molecular complexity index is 1610. The first-order valence-electron chi connectivity index (χ1n) is 11.8. The van der Waals surface area contributed by atoms with Crippen molar-refractivity contribution in [2.24, 2.45) is 0 Å². The molecule has 0 aliphatic rings. The van der Waals surface area contributed by atoms with Crippen LogP contribution in [0.1, 0.15) is 11.1 Å². The monoisotopic (exact) mass is 593 g/mol. The van der Waals surface area contributed by atoms with Crippen LogP contribution >= 0.6 is 34.9 Å². The van der Waals surface area contributed by atoms with Crippen LogP contribution in [0.15, 0.2) is 88.4 Å².